The largest absolute Gasteiger partial charge is 0.350 e. The molecule has 0 fully saturated rings. The van der Waals surface area contributed by atoms with Gasteiger partial charge in [-0.15, -0.1) is 0 Å². The van der Waals surface area contributed by atoms with Gasteiger partial charge in [0.15, 0.2) is 0 Å². The lowest BCUT2D eigenvalue weighted by molar-refractivity contribution is 0.609. The Kier molecular flexibility index (Phi) is 5.19. The molecule has 16 heavy (non-hydrogen) atoms. The molecule has 4 nitrogen and oxygen atoms in total. The van der Waals surface area contributed by atoms with Crippen molar-refractivity contribution in [3.05, 3.63) is 17.5 Å². The first-order valence-electron chi connectivity index (χ1n) is 5.94. The summed E-state index contributed by atoms with van der Waals surface area (Å²) >= 11 is 0. The van der Waals surface area contributed by atoms with Gasteiger partial charge in [0, 0.05) is 24.0 Å². The van der Waals surface area contributed by atoms with E-state index in [1.807, 2.05) is 19.9 Å². The molecule has 0 aliphatic rings. The summed E-state index contributed by atoms with van der Waals surface area (Å²) in [4.78, 5) is 8.70. The molecule has 0 bridgehead atoms. The Morgan fingerprint density at radius 2 is 1.94 bits per heavy atom. The second kappa shape index (κ2) is 6.43. The van der Waals surface area contributed by atoms with E-state index in [1.165, 1.54) is 12.8 Å². The van der Waals surface area contributed by atoms with Crippen LogP contribution in [0, 0.1) is 13.8 Å². The van der Waals surface area contributed by atoms with Crippen LogP contribution in [0.2, 0.25) is 0 Å². The third-order valence-electron chi connectivity index (χ3n) is 2.51. The summed E-state index contributed by atoms with van der Waals surface area (Å²) in [6.45, 7) is 6.75. The average molecular weight is 222 g/mol. The fourth-order valence-electron chi connectivity index (χ4n) is 1.67. The molecule has 3 N–H and O–H groups in total. The van der Waals surface area contributed by atoms with Crippen molar-refractivity contribution >= 4 is 5.95 Å². The predicted octanol–water partition coefficient (Wildman–Crippen LogP) is 2.02. The maximum absolute atomic E-state index is 5.72. The molecular formula is C12H22N4. The van der Waals surface area contributed by atoms with E-state index in [2.05, 4.69) is 22.2 Å². The molecule has 1 unspecified atom stereocenters. The molecule has 0 aliphatic heterocycles. The second-order valence-corrected chi connectivity index (χ2v) is 4.19. The van der Waals surface area contributed by atoms with Crippen molar-refractivity contribution in [2.45, 2.75) is 46.1 Å². The van der Waals surface area contributed by atoms with Gasteiger partial charge in [0.2, 0.25) is 5.95 Å². The van der Waals surface area contributed by atoms with Crippen molar-refractivity contribution in [2.24, 2.45) is 5.73 Å². The van der Waals surface area contributed by atoms with Gasteiger partial charge in [-0.3, -0.25) is 0 Å². The van der Waals surface area contributed by atoms with Crippen molar-refractivity contribution in [1.29, 1.82) is 0 Å². The highest BCUT2D eigenvalue weighted by molar-refractivity contribution is 5.29. The van der Waals surface area contributed by atoms with E-state index >= 15 is 0 Å². The Hall–Kier alpha value is -1.16. The molecule has 0 saturated heterocycles. The van der Waals surface area contributed by atoms with Crippen LogP contribution in [0.25, 0.3) is 0 Å². The lowest BCUT2D eigenvalue weighted by Crippen LogP contribution is -2.29. The van der Waals surface area contributed by atoms with Crippen molar-refractivity contribution in [2.75, 3.05) is 11.9 Å². The molecule has 0 amide bonds. The standard InChI is InChI=1S/C12H22N4/c1-4-5-6-11(8-13)16-12-14-9(2)7-10(3)15-12/h7,11H,4-6,8,13H2,1-3H3,(H,14,15,16). The van der Waals surface area contributed by atoms with Crippen LogP contribution in [0.3, 0.4) is 0 Å². The first-order valence-corrected chi connectivity index (χ1v) is 5.94. The highest BCUT2D eigenvalue weighted by atomic mass is 15.1. The van der Waals surface area contributed by atoms with Gasteiger partial charge < -0.3 is 11.1 Å². The van der Waals surface area contributed by atoms with Crippen LogP contribution in [0.1, 0.15) is 37.6 Å². The van der Waals surface area contributed by atoms with E-state index in [9.17, 15) is 0 Å². The molecule has 1 atom stereocenters. The zero-order valence-corrected chi connectivity index (χ0v) is 10.5. The van der Waals surface area contributed by atoms with Gasteiger partial charge in [0.05, 0.1) is 0 Å². The molecule has 4 heteroatoms. The van der Waals surface area contributed by atoms with Gasteiger partial charge in [0.1, 0.15) is 0 Å². The van der Waals surface area contributed by atoms with Crippen LogP contribution in [-0.2, 0) is 0 Å². The summed E-state index contributed by atoms with van der Waals surface area (Å²) in [5.41, 5.74) is 7.69. The monoisotopic (exact) mass is 222 g/mol. The zero-order valence-electron chi connectivity index (χ0n) is 10.5. The van der Waals surface area contributed by atoms with Crippen LogP contribution in [-0.4, -0.2) is 22.6 Å². The summed E-state index contributed by atoms with van der Waals surface area (Å²) in [6.07, 6.45) is 3.44. The normalized spacial score (nSPS) is 12.5. The second-order valence-electron chi connectivity index (χ2n) is 4.19. The number of unbranched alkanes of at least 4 members (excludes halogenated alkanes) is 1. The minimum Gasteiger partial charge on any atom is -0.350 e. The van der Waals surface area contributed by atoms with E-state index in [0.717, 1.165) is 17.8 Å². The highest BCUT2D eigenvalue weighted by Crippen LogP contribution is 2.08. The van der Waals surface area contributed by atoms with Gasteiger partial charge in [0.25, 0.3) is 0 Å². The lowest BCUT2D eigenvalue weighted by atomic mass is 10.1. The molecule has 1 heterocycles. The Balaban J connectivity index is 2.62. The number of hydrogen-bond acceptors (Lipinski definition) is 4. The minimum absolute atomic E-state index is 0.279. The Morgan fingerprint density at radius 1 is 1.31 bits per heavy atom. The lowest BCUT2D eigenvalue weighted by Gasteiger charge is -2.16. The number of nitrogens with zero attached hydrogens (tertiary/aromatic N) is 2. The third-order valence-corrected chi connectivity index (χ3v) is 2.51. The van der Waals surface area contributed by atoms with E-state index in [-0.39, 0.29) is 6.04 Å². The van der Waals surface area contributed by atoms with Gasteiger partial charge in [-0.2, -0.15) is 0 Å². The maximum Gasteiger partial charge on any atom is 0.223 e. The summed E-state index contributed by atoms with van der Waals surface area (Å²) in [6, 6.07) is 2.25. The molecule has 0 radical (unpaired) electrons. The van der Waals surface area contributed by atoms with E-state index in [4.69, 9.17) is 5.73 Å². The highest BCUT2D eigenvalue weighted by Gasteiger charge is 2.07. The fraction of sp³-hybridized carbons (Fsp3) is 0.667. The zero-order chi connectivity index (χ0) is 12.0. The van der Waals surface area contributed by atoms with E-state index in [0.29, 0.717) is 12.5 Å². The minimum atomic E-state index is 0.279. The quantitative estimate of drug-likeness (QED) is 0.773. The van der Waals surface area contributed by atoms with Gasteiger partial charge in [-0.05, 0) is 26.3 Å². The molecule has 0 aromatic carbocycles. The van der Waals surface area contributed by atoms with E-state index in [1.54, 1.807) is 0 Å². The van der Waals surface area contributed by atoms with Crippen molar-refractivity contribution in [3.8, 4) is 0 Å². The van der Waals surface area contributed by atoms with Crippen LogP contribution in [0.4, 0.5) is 5.95 Å². The predicted molar refractivity (Wildman–Crippen MR) is 67.5 cm³/mol. The fourth-order valence-corrected chi connectivity index (χ4v) is 1.67. The number of anilines is 1. The summed E-state index contributed by atoms with van der Waals surface area (Å²) in [5.74, 6) is 0.698. The number of rotatable bonds is 6. The molecule has 1 rings (SSSR count). The van der Waals surface area contributed by atoms with E-state index < -0.39 is 0 Å². The molecule has 1 aromatic rings. The Bertz CT molecular complexity index is 305. The van der Waals surface area contributed by atoms with Crippen LogP contribution in [0.15, 0.2) is 6.07 Å². The van der Waals surface area contributed by atoms with Gasteiger partial charge in [-0.25, -0.2) is 9.97 Å². The smallest absolute Gasteiger partial charge is 0.223 e. The maximum atomic E-state index is 5.72. The summed E-state index contributed by atoms with van der Waals surface area (Å²) < 4.78 is 0. The molecule has 1 aromatic heterocycles. The topological polar surface area (TPSA) is 63.8 Å². The number of aryl methyl sites for hydroxylation is 2. The number of aromatic nitrogens is 2. The van der Waals surface area contributed by atoms with Crippen molar-refractivity contribution in [1.82, 2.24) is 9.97 Å². The Morgan fingerprint density at radius 3 is 2.44 bits per heavy atom. The molecular weight excluding hydrogens is 200 g/mol. The summed E-state index contributed by atoms with van der Waals surface area (Å²) in [5, 5.41) is 3.30. The third kappa shape index (κ3) is 4.14. The molecule has 0 spiro atoms. The van der Waals surface area contributed by atoms with Crippen LogP contribution < -0.4 is 11.1 Å². The van der Waals surface area contributed by atoms with Gasteiger partial charge >= 0.3 is 0 Å². The Labute approximate surface area is 97.7 Å². The summed E-state index contributed by atoms with van der Waals surface area (Å²) in [7, 11) is 0. The molecule has 0 aliphatic carbocycles. The molecule has 0 saturated carbocycles. The van der Waals surface area contributed by atoms with Crippen LogP contribution in [0.5, 0.6) is 0 Å². The average Bonchev–Trinajstić information content (AvgIpc) is 2.22. The molecule has 90 valence electrons. The first-order chi connectivity index (χ1) is 7.65. The SMILES string of the molecule is CCCCC(CN)Nc1nc(C)cc(C)n1. The first kappa shape index (κ1) is 12.9. The van der Waals surface area contributed by atoms with Crippen molar-refractivity contribution < 1.29 is 0 Å². The number of nitrogens with one attached hydrogen (secondary N) is 1. The number of nitrogens with two attached hydrogens (primary N) is 1. The number of hydrogen-bond donors (Lipinski definition) is 2. The van der Waals surface area contributed by atoms with Crippen LogP contribution >= 0.6 is 0 Å². The van der Waals surface area contributed by atoms with Gasteiger partial charge in [-0.1, -0.05) is 19.8 Å². The van der Waals surface area contributed by atoms with Crippen molar-refractivity contribution in [3.63, 3.8) is 0 Å².